The molecular formula is C26H27N3O2. The highest BCUT2D eigenvalue weighted by molar-refractivity contribution is 6.02. The van der Waals surface area contributed by atoms with Gasteiger partial charge in [-0.25, -0.2) is 9.50 Å². The molecule has 5 nitrogen and oxygen atoms in total. The second-order valence-corrected chi connectivity index (χ2v) is 9.44. The maximum Gasteiger partial charge on any atom is 0.310 e. The Morgan fingerprint density at radius 2 is 1.87 bits per heavy atom. The maximum atomic E-state index is 12.3. The normalized spacial score (nSPS) is 13.3. The highest BCUT2D eigenvalue weighted by Crippen LogP contribution is 2.39. The summed E-state index contributed by atoms with van der Waals surface area (Å²) < 4.78 is 6.93. The Bertz CT molecular complexity index is 1350. The van der Waals surface area contributed by atoms with E-state index in [1.165, 1.54) is 29.0 Å². The van der Waals surface area contributed by atoms with Crippen LogP contribution in [0.15, 0.2) is 36.4 Å². The van der Waals surface area contributed by atoms with Crippen molar-refractivity contribution in [2.75, 3.05) is 7.11 Å². The highest BCUT2D eigenvalue weighted by Gasteiger charge is 2.25. The van der Waals surface area contributed by atoms with E-state index in [-0.39, 0.29) is 17.8 Å². The standard InChI is InChI=1S/C26H27N3O2/c1-15-20(13-23(30)31-5)25(29-22(27-15)14-21(28-29)26(2,3)4)19-12-11-17-10-9-16-7-6-8-18(19)24(16)17/h6-8,11-12,14H,9-10,13H2,1-5H3. The Labute approximate surface area is 182 Å². The molecule has 5 heteroatoms. The third-order valence-electron chi connectivity index (χ3n) is 6.36. The van der Waals surface area contributed by atoms with E-state index < -0.39 is 0 Å². The molecule has 1 aliphatic carbocycles. The van der Waals surface area contributed by atoms with E-state index >= 15 is 0 Å². The summed E-state index contributed by atoms with van der Waals surface area (Å²) in [5.74, 6) is -0.278. The van der Waals surface area contributed by atoms with Gasteiger partial charge in [0.2, 0.25) is 0 Å². The van der Waals surface area contributed by atoms with E-state index in [4.69, 9.17) is 14.8 Å². The first-order valence-electron chi connectivity index (χ1n) is 10.8. The Morgan fingerprint density at radius 3 is 2.58 bits per heavy atom. The summed E-state index contributed by atoms with van der Waals surface area (Å²) in [6.45, 7) is 8.41. The van der Waals surface area contributed by atoms with Gasteiger partial charge in [0.25, 0.3) is 0 Å². The van der Waals surface area contributed by atoms with E-state index in [9.17, 15) is 4.79 Å². The zero-order valence-corrected chi connectivity index (χ0v) is 18.7. The van der Waals surface area contributed by atoms with Crippen LogP contribution in [-0.4, -0.2) is 27.7 Å². The lowest BCUT2D eigenvalue weighted by Crippen LogP contribution is -2.14. The summed E-state index contributed by atoms with van der Waals surface area (Å²) in [5, 5.41) is 7.51. The molecular weight excluding hydrogens is 386 g/mol. The number of hydrogen-bond acceptors (Lipinski definition) is 4. The molecule has 0 N–H and O–H groups in total. The van der Waals surface area contributed by atoms with Crippen molar-refractivity contribution in [3.63, 3.8) is 0 Å². The summed E-state index contributed by atoms with van der Waals surface area (Å²) in [6.07, 6.45) is 2.31. The van der Waals surface area contributed by atoms with Crippen LogP contribution < -0.4 is 0 Å². The molecule has 0 unspecified atom stereocenters. The fourth-order valence-corrected chi connectivity index (χ4v) is 4.68. The van der Waals surface area contributed by atoms with Crippen molar-refractivity contribution in [1.29, 1.82) is 0 Å². The lowest BCUT2D eigenvalue weighted by molar-refractivity contribution is -0.139. The molecule has 4 aromatic rings. The van der Waals surface area contributed by atoms with Gasteiger partial charge in [0.05, 0.1) is 24.9 Å². The van der Waals surface area contributed by atoms with Crippen LogP contribution in [0.4, 0.5) is 0 Å². The van der Waals surface area contributed by atoms with E-state index in [0.29, 0.717) is 0 Å². The van der Waals surface area contributed by atoms with Gasteiger partial charge in [-0.3, -0.25) is 4.79 Å². The number of carbonyl (C=O) groups is 1. The van der Waals surface area contributed by atoms with Crippen LogP contribution in [0, 0.1) is 6.92 Å². The smallest absolute Gasteiger partial charge is 0.310 e. The number of benzene rings is 2. The number of esters is 1. The molecule has 0 spiro atoms. The summed E-state index contributed by atoms with van der Waals surface area (Å²) in [7, 11) is 1.42. The van der Waals surface area contributed by atoms with Crippen molar-refractivity contribution < 1.29 is 9.53 Å². The average Bonchev–Trinajstić information content (AvgIpc) is 3.34. The van der Waals surface area contributed by atoms with Crippen LogP contribution in [0.1, 0.15) is 48.8 Å². The largest absolute Gasteiger partial charge is 0.469 e. The Balaban J connectivity index is 1.89. The first-order chi connectivity index (χ1) is 14.8. The molecule has 0 aliphatic heterocycles. The van der Waals surface area contributed by atoms with Crippen molar-refractivity contribution in [2.45, 2.75) is 52.4 Å². The Kier molecular flexibility index (Phi) is 4.40. The average molecular weight is 414 g/mol. The van der Waals surface area contributed by atoms with Crippen LogP contribution in [0.5, 0.6) is 0 Å². The third-order valence-corrected chi connectivity index (χ3v) is 6.36. The molecule has 158 valence electrons. The molecule has 5 rings (SSSR count). The zero-order chi connectivity index (χ0) is 21.9. The monoisotopic (exact) mass is 413 g/mol. The minimum Gasteiger partial charge on any atom is -0.469 e. The fourth-order valence-electron chi connectivity index (χ4n) is 4.68. The van der Waals surface area contributed by atoms with Crippen LogP contribution >= 0.6 is 0 Å². The Morgan fingerprint density at radius 1 is 1.13 bits per heavy atom. The minimum absolute atomic E-state index is 0.108. The number of nitrogens with zero attached hydrogens (tertiary/aromatic N) is 3. The fraction of sp³-hybridized carbons (Fsp3) is 0.346. The number of aromatic nitrogens is 3. The van der Waals surface area contributed by atoms with E-state index in [2.05, 4.69) is 57.2 Å². The molecule has 1 aliphatic rings. The van der Waals surface area contributed by atoms with E-state index in [1.54, 1.807) is 0 Å². The first kappa shape index (κ1) is 19.7. The van der Waals surface area contributed by atoms with Gasteiger partial charge in [-0.15, -0.1) is 0 Å². The number of fused-ring (bicyclic) bond motifs is 1. The van der Waals surface area contributed by atoms with Crippen molar-refractivity contribution >= 4 is 22.4 Å². The Hall–Kier alpha value is -3.21. The predicted molar refractivity (Wildman–Crippen MR) is 122 cm³/mol. The molecule has 2 heterocycles. The molecule has 0 saturated heterocycles. The van der Waals surface area contributed by atoms with Gasteiger partial charge in [-0.05, 0) is 41.7 Å². The van der Waals surface area contributed by atoms with Crippen LogP contribution in [0.3, 0.4) is 0 Å². The number of methoxy groups -OCH3 is 1. The van der Waals surface area contributed by atoms with Gasteiger partial charge in [0.1, 0.15) is 0 Å². The summed E-state index contributed by atoms with van der Waals surface area (Å²) in [4.78, 5) is 17.1. The topological polar surface area (TPSA) is 56.5 Å². The molecule has 2 aromatic carbocycles. The van der Waals surface area contributed by atoms with Gasteiger partial charge in [0.15, 0.2) is 5.65 Å². The van der Waals surface area contributed by atoms with Crippen LogP contribution in [0.2, 0.25) is 0 Å². The lowest BCUT2D eigenvalue weighted by atomic mass is 9.93. The van der Waals surface area contributed by atoms with Crippen molar-refractivity contribution in [2.24, 2.45) is 0 Å². The van der Waals surface area contributed by atoms with Crippen molar-refractivity contribution in [1.82, 2.24) is 14.6 Å². The van der Waals surface area contributed by atoms with Crippen molar-refractivity contribution in [3.8, 4) is 11.3 Å². The van der Waals surface area contributed by atoms with Gasteiger partial charge >= 0.3 is 5.97 Å². The number of rotatable bonds is 3. The quantitative estimate of drug-likeness (QED) is 0.445. The number of carbonyl (C=O) groups excluding carboxylic acids is 1. The van der Waals surface area contributed by atoms with Gasteiger partial charge in [0, 0.05) is 28.3 Å². The van der Waals surface area contributed by atoms with Gasteiger partial charge < -0.3 is 4.74 Å². The molecule has 0 bridgehead atoms. The SMILES string of the molecule is COC(=O)Cc1c(C)nc2cc(C(C)(C)C)nn2c1-c1ccc2c3c(cccc13)CC2. The number of ether oxygens (including phenoxy) is 1. The zero-order valence-electron chi connectivity index (χ0n) is 18.7. The van der Waals surface area contributed by atoms with E-state index in [0.717, 1.165) is 46.7 Å². The molecule has 31 heavy (non-hydrogen) atoms. The molecule has 2 aromatic heterocycles. The second-order valence-electron chi connectivity index (χ2n) is 9.44. The first-order valence-corrected chi connectivity index (χ1v) is 10.8. The summed E-state index contributed by atoms with van der Waals surface area (Å²) in [6, 6.07) is 13.0. The second kappa shape index (κ2) is 6.91. The van der Waals surface area contributed by atoms with Gasteiger partial charge in [-0.1, -0.05) is 51.1 Å². The third kappa shape index (κ3) is 3.11. The lowest BCUT2D eigenvalue weighted by Gasteiger charge is -2.17. The van der Waals surface area contributed by atoms with Gasteiger partial charge in [-0.2, -0.15) is 5.10 Å². The molecule has 0 atom stereocenters. The van der Waals surface area contributed by atoms with E-state index in [1.807, 2.05) is 11.4 Å². The predicted octanol–water partition coefficient (Wildman–Crippen LogP) is 4.97. The molecule has 0 fully saturated rings. The molecule has 0 amide bonds. The minimum atomic E-state index is -0.278. The molecule has 0 radical (unpaired) electrons. The highest BCUT2D eigenvalue weighted by atomic mass is 16.5. The summed E-state index contributed by atoms with van der Waals surface area (Å²) in [5.41, 5.74) is 8.15. The maximum absolute atomic E-state index is 12.3. The number of aryl methyl sites for hydroxylation is 3. The number of hydrogen-bond donors (Lipinski definition) is 0. The summed E-state index contributed by atoms with van der Waals surface area (Å²) >= 11 is 0. The van der Waals surface area contributed by atoms with Crippen LogP contribution in [0.25, 0.3) is 27.7 Å². The molecule has 0 saturated carbocycles. The van der Waals surface area contributed by atoms with Crippen molar-refractivity contribution in [3.05, 3.63) is 64.5 Å². The van der Waals surface area contributed by atoms with Crippen LogP contribution in [-0.2, 0) is 34.2 Å².